The molecule has 0 unspecified atom stereocenters. The van der Waals surface area contributed by atoms with E-state index in [1.165, 1.54) is 35.1 Å². The van der Waals surface area contributed by atoms with E-state index >= 15 is 0 Å². The predicted octanol–water partition coefficient (Wildman–Crippen LogP) is 2.15. The number of benzene rings is 1. The number of nitrogens with one attached hydrogen (secondary N) is 1. The molecular weight excluding hydrogens is 328 g/mol. The summed E-state index contributed by atoms with van der Waals surface area (Å²) in [7, 11) is 0. The van der Waals surface area contributed by atoms with Gasteiger partial charge in [0.2, 0.25) is 0 Å². The molecule has 2 rings (SSSR count). The quantitative estimate of drug-likeness (QED) is 0.557. The van der Waals surface area contributed by atoms with Gasteiger partial charge in [-0.2, -0.15) is 5.10 Å². The lowest BCUT2D eigenvalue weighted by atomic mass is 10.1. The molecular formula is C16H18N4O5. The van der Waals surface area contributed by atoms with Crippen molar-refractivity contribution in [1.29, 1.82) is 0 Å². The zero-order chi connectivity index (χ0) is 18.4. The summed E-state index contributed by atoms with van der Waals surface area (Å²) in [6.45, 7) is 1.93. The third-order valence-corrected chi connectivity index (χ3v) is 3.58. The molecule has 132 valence electrons. The molecule has 0 aliphatic heterocycles. The highest BCUT2D eigenvalue weighted by molar-refractivity contribution is 5.94. The third-order valence-electron chi connectivity index (χ3n) is 3.58. The Labute approximate surface area is 143 Å². The number of nitrogens with zero attached hydrogens (tertiary/aromatic N) is 3. The fourth-order valence-electron chi connectivity index (χ4n) is 2.24. The maximum absolute atomic E-state index is 12.2. The summed E-state index contributed by atoms with van der Waals surface area (Å²) >= 11 is 0. The van der Waals surface area contributed by atoms with Crippen LogP contribution in [0.3, 0.4) is 0 Å². The van der Waals surface area contributed by atoms with Gasteiger partial charge in [-0.25, -0.2) is 9.48 Å². The molecule has 0 radical (unpaired) electrons. The summed E-state index contributed by atoms with van der Waals surface area (Å²) in [4.78, 5) is 33.7. The van der Waals surface area contributed by atoms with E-state index < -0.39 is 22.8 Å². The van der Waals surface area contributed by atoms with Crippen LogP contribution in [0.4, 0.5) is 5.69 Å². The number of amides is 1. The first kappa shape index (κ1) is 18.1. The Balaban J connectivity index is 2.14. The molecule has 9 nitrogen and oxygen atoms in total. The molecule has 1 aromatic carbocycles. The molecule has 2 aromatic rings. The average molecular weight is 346 g/mol. The fraction of sp³-hybridized carbons (Fsp3) is 0.312. The van der Waals surface area contributed by atoms with E-state index in [4.69, 9.17) is 5.11 Å². The largest absolute Gasteiger partial charge is 0.480 e. The monoisotopic (exact) mass is 346 g/mol. The number of aromatic nitrogens is 2. The van der Waals surface area contributed by atoms with Crippen molar-refractivity contribution in [3.05, 3.63) is 52.3 Å². The maximum Gasteiger partial charge on any atom is 0.326 e. The Morgan fingerprint density at radius 2 is 2.16 bits per heavy atom. The van der Waals surface area contributed by atoms with E-state index in [2.05, 4.69) is 10.4 Å². The molecule has 9 heteroatoms. The molecule has 1 aromatic heterocycles. The normalized spacial score (nSPS) is 11.7. The van der Waals surface area contributed by atoms with E-state index in [-0.39, 0.29) is 11.4 Å². The van der Waals surface area contributed by atoms with Crippen molar-refractivity contribution in [1.82, 2.24) is 15.1 Å². The second kappa shape index (κ2) is 8.04. The maximum atomic E-state index is 12.2. The molecule has 0 saturated heterocycles. The van der Waals surface area contributed by atoms with Crippen molar-refractivity contribution in [3.8, 4) is 5.69 Å². The molecule has 1 amide bonds. The van der Waals surface area contributed by atoms with Crippen LogP contribution in [0.5, 0.6) is 0 Å². The number of hydrogen-bond acceptors (Lipinski definition) is 5. The number of hydrogen-bond donors (Lipinski definition) is 2. The van der Waals surface area contributed by atoms with Gasteiger partial charge in [0.05, 0.1) is 10.6 Å². The number of nitro groups is 1. The smallest absolute Gasteiger partial charge is 0.326 e. The molecule has 1 heterocycles. The highest BCUT2D eigenvalue weighted by Gasteiger charge is 2.21. The standard InChI is InChI=1S/C16H18N4O5/c1-2-3-7-14(16(22)23)17-15(21)13-8-9-19(18-13)11-5-4-6-12(10-11)20(24)25/h4-6,8-10,14H,2-3,7H2,1H3,(H,17,21)(H,22,23)/t14-/m0/s1. The molecule has 0 bridgehead atoms. The van der Waals surface area contributed by atoms with Crippen molar-refractivity contribution >= 4 is 17.6 Å². The lowest BCUT2D eigenvalue weighted by Crippen LogP contribution is -2.40. The number of carboxylic acid groups (broad SMARTS) is 1. The molecule has 0 saturated carbocycles. The molecule has 0 aliphatic carbocycles. The zero-order valence-electron chi connectivity index (χ0n) is 13.6. The summed E-state index contributed by atoms with van der Waals surface area (Å²) in [5.41, 5.74) is 0.368. The van der Waals surface area contributed by atoms with Crippen LogP contribution in [0.15, 0.2) is 36.5 Å². The summed E-state index contributed by atoms with van der Waals surface area (Å²) in [6.07, 6.45) is 3.32. The van der Waals surface area contributed by atoms with Gasteiger partial charge in [0.25, 0.3) is 11.6 Å². The summed E-state index contributed by atoms with van der Waals surface area (Å²) in [5.74, 6) is -1.70. The Morgan fingerprint density at radius 1 is 1.40 bits per heavy atom. The second-order valence-electron chi connectivity index (χ2n) is 5.43. The minimum absolute atomic E-state index is 0.0363. The van der Waals surface area contributed by atoms with Gasteiger partial charge in [-0.05, 0) is 18.6 Å². The third kappa shape index (κ3) is 4.63. The van der Waals surface area contributed by atoms with Crippen molar-refractivity contribution in [2.45, 2.75) is 32.2 Å². The van der Waals surface area contributed by atoms with Gasteiger partial charge in [-0.1, -0.05) is 25.8 Å². The van der Waals surface area contributed by atoms with Crippen molar-refractivity contribution in [2.75, 3.05) is 0 Å². The topological polar surface area (TPSA) is 127 Å². The van der Waals surface area contributed by atoms with Crippen molar-refractivity contribution in [3.63, 3.8) is 0 Å². The molecule has 25 heavy (non-hydrogen) atoms. The first-order valence-corrected chi connectivity index (χ1v) is 7.76. The summed E-state index contributed by atoms with van der Waals surface area (Å²) < 4.78 is 1.32. The van der Waals surface area contributed by atoms with E-state index in [1.54, 1.807) is 6.07 Å². The molecule has 0 spiro atoms. The Morgan fingerprint density at radius 3 is 2.80 bits per heavy atom. The van der Waals surface area contributed by atoms with Crippen LogP contribution in [0, 0.1) is 10.1 Å². The number of carbonyl (C=O) groups excluding carboxylic acids is 1. The lowest BCUT2D eigenvalue weighted by Gasteiger charge is -2.12. The Kier molecular flexibility index (Phi) is 5.83. The van der Waals surface area contributed by atoms with Crippen LogP contribution >= 0.6 is 0 Å². The van der Waals surface area contributed by atoms with Gasteiger partial charge in [0, 0.05) is 18.3 Å². The van der Waals surface area contributed by atoms with Crippen LogP contribution in [0.25, 0.3) is 5.69 Å². The molecule has 2 N–H and O–H groups in total. The highest BCUT2D eigenvalue weighted by Crippen LogP contribution is 2.16. The zero-order valence-corrected chi connectivity index (χ0v) is 13.6. The first-order valence-electron chi connectivity index (χ1n) is 7.76. The van der Waals surface area contributed by atoms with E-state index in [9.17, 15) is 19.7 Å². The number of carbonyl (C=O) groups is 2. The number of nitro benzene ring substituents is 1. The van der Waals surface area contributed by atoms with E-state index in [0.29, 0.717) is 18.5 Å². The van der Waals surface area contributed by atoms with E-state index in [0.717, 1.165) is 6.42 Å². The van der Waals surface area contributed by atoms with Crippen LogP contribution in [-0.4, -0.2) is 37.7 Å². The number of rotatable bonds is 8. The van der Waals surface area contributed by atoms with Crippen LogP contribution in [0.2, 0.25) is 0 Å². The van der Waals surface area contributed by atoms with Gasteiger partial charge in [0.1, 0.15) is 6.04 Å². The summed E-state index contributed by atoms with van der Waals surface area (Å²) in [5, 5.41) is 26.5. The van der Waals surface area contributed by atoms with Gasteiger partial charge < -0.3 is 10.4 Å². The second-order valence-corrected chi connectivity index (χ2v) is 5.43. The first-order chi connectivity index (χ1) is 11.9. The Bertz CT molecular complexity index is 786. The number of unbranched alkanes of at least 4 members (excludes halogenated alkanes) is 1. The summed E-state index contributed by atoms with van der Waals surface area (Å²) in [6, 6.07) is 6.26. The lowest BCUT2D eigenvalue weighted by molar-refractivity contribution is -0.384. The predicted molar refractivity (Wildman–Crippen MR) is 88.6 cm³/mol. The van der Waals surface area contributed by atoms with Gasteiger partial charge in [0.15, 0.2) is 5.69 Å². The fourth-order valence-corrected chi connectivity index (χ4v) is 2.24. The van der Waals surface area contributed by atoms with Gasteiger partial charge >= 0.3 is 5.97 Å². The van der Waals surface area contributed by atoms with Crippen LogP contribution in [-0.2, 0) is 4.79 Å². The van der Waals surface area contributed by atoms with Crippen LogP contribution in [0.1, 0.15) is 36.7 Å². The SMILES string of the molecule is CCCC[C@H](NC(=O)c1ccn(-c2cccc([N+](=O)[O-])c2)n1)C(=O)O. The van der Waals surface area contributed by atoms with Gasteiger partial charge in [-0.15, -0.1) is 0 Å². The average Bonchev–Trinajstić information content (AvgIpc) is 3.08. The minimum Gasteiger partial charge on any atom is -0.480 e. The molecule has 0 aliphatic rings. The van der Waals surface area contributed by atoms with Crippen molar-refractivity contribution < 1.29 is 19.6 Å². The van der Waals surface area contributed by atoms with Crippen LogP contribution < -0.4 is 5.32 Å². The minimum atomic E-state index is -1.10. The van der Waals surface area contributed by atoms with Gasteiger partial charge in [-0.3, -0.25) is 14.9 Å². The Hall–Kier alpha value is -3.23. The molecule has 0 fully saturated rings. The van der Waals surface area contributed by atoms with Crippen molar-refractivity contribution in [2.24, 2.45) is 0 Å². The molecule has 1 atom stereocenters. The number of aliphatic carboxylic acids is 1. The number of non-ortho nitro benzene ring substituents is 1. The van der Waals surface area contributed by atoms with E-state index in [1.807, 2.05) is 6.92 Å². The number of carboxylic acids is 1. The highest BCUT2D eigenvalue weighted by atomic mass is 16.6.